The highest BCUT2D eigenvalue weighted by Gasteiger charge is 2.25. The van der Waals surface area contributed by atoms with Crippen LogP contribution in [-0.2, 0) is 11.3 Å². The van der Waals surface area contributed by atoms with Crippen LogP contribution >= 0.6 is 0 Å². The van der Waals surface area contributed by atoms with Gasteiger partial charge in [-0.2, -0.15) is 5.26 Å². The number of nitrogens with zero attached hydrogens (tertiary/aromatic N) is 3. The fourth-order valence-corrected chi connectivity index (χ4v) is 3.41. The van der Waals surface area contributed by atoms with Crippen molar-refractivity contribution in [2.24, 2.45) is 5.92 Å². The number of hydrogen-bond donors (Lipinski definition) is 2. The van der Waals surface area contributed by atoms with Gasteiger partial charge in [0, 0.05) is 6.54 Å². The van der Waals surface area contributed by atoms with E-state index in [1.165, 1.54) is 9.47 Å². The fraction of sp³-hybridized carbons (Fsp3) is 0.280. The quantitative estimate of drug-likeness (QED) is 0.503. The van der Waals surface area contributed by atoms with Crippen molar-refractivity contribution in [3.63, 3.8) is 0 Å². The summed E-state index contributed by atoms with van der Waals surface area (Å²) in [5.74, 6) is -0.119. The van der Waals surface area contributed by atoms with Crippen LogP contribution in [0.15, 0.2) is 64.2 Å². The smallest absolute Gasteiger partial charge is 0.330 e. The van der Waals surface area contributed by atoms with Crippen molar-refractivity contribution < 1.29 is 9.53 Å². The number of benzene rings is 2. The minimum atomic E-state index is -0.749. The number of hydrogen-bond acceptors (Lipinski definition) is 6. The number of anilines is 2. The summed E-state index contributed by atoms with van der Waals surface area (Å²) in [4.78, 5) is 42.1. The monoisotopic (exact) mass is 461 g/mol. The van der Waals surface area contributed by atoms with E-state index < -0.39 is 23.8 Å². The highest BCUT2D eigenvalue weighted by molar-refractivity contribution is 5.96. The zero-order valence-corrected chi connectivity index (χ0v) is 19.2. The third-order valence-electron chi connectivity index (χ3n) is 5.26. The number of ether oxygens (including phenoxy) is 1. The van der Waals surface area contributed by atoms with Crippen molar-refractivity contribution in [3.8, 4) is 11.8 Å². The van der Waals surface area contributed by atoms with E-state index in [2.05, 4.69) is 4.98 Å². The number of aromatic amines is 1. The molecule has 1 amide bonds. The van der Waals surface area contributed by atoms with E-state index in [0.29, 0.717) is 6.42 Å². The summed E-state index contributed by atoms with van der Waals surface area (Å²) in [6.45, 7) is 3.91. The van der Waals surface area contributed by atoms with E-state index in [4.69, 9.17) is 10.5 Å². The molecule has 0 saturated heterocycles. The van der Waals surface area contributed by atoms with E-state index in [-0.39, 0.29) is 41.8 Å². The van der Waals surface area contributed by atoms with Crippen LogP contribution in [0.2, 0.25) is 0 Å². The summed E-state index contributed by atoms with van der Waals surface area (Å²) >= 11 is 0. The fourth-order valence-electron chi connectivity index (χ4n) is 3.41. The molecule has 0 saturated carbocycles. The van der Waals surface area contributed by atoms with Crippen LogP contribution in [0.4, 0.5) is 11.5 Å². The highest BCUT2D eigenvalue weighted by Crippen LogP contribution is 2.21. The summed E-state index contributed by atoms with van der Waals surface area (Å²) in [7, 11) is 0. The average molecular weight is 462 g/mol. The van der Waals surface area contributed by atoms with Gasteiger partial charge in [-0.25, -0.2) is 4.79 Å². The first kappa shape index (κ1) is 24.3. The van der Waals surface area contributed by atoms with E-state index in [9.17, 15) is 19.6 Å². The van der Waals surface area contributed by atoms with Crippen LogP contribution in [0, 0.1) is 17.2 Å². The van der Waals surface area contributed by atoms with E-state index >= 15 is 0 Å². The SMILES string of the molecule is CC(C)CCN(C(=O)COc1ccccc1C#N)c1c(N)n(Cc2ccccc2)c(=O)[nH]c1=O. The van der Waals surface area contributed by atoms with Crippen molar-refractivity contribution >= 4 is 17.4 Å². The van der Waals surface area contributed by atoms with Crippen LogP contribution in [0.1, 0.15) is 31.4 Å². The van der Waals surface area contributed by atoms with Gasteiger partial charge in [0.15, 0.2) is 12.3 Å². The van der Waals surface area contributed by atoms with Gasteiger partial charge in [0.2, 0.25) is 0 Å². The Bertz CT molecular complexity index is 1310. The van der Waals surface area contributed by atoms with E-state index in [0.717, 1.165) is 5.56 Å². The number of H-pyrrole nitrogens is 1. The third-order valence-corrected chi connectivity index (χ3v) is 5.26. The van der Waals surface area contributed by atoms with Crippen LogP contribution in [0.3, 0.4) is 0 Å². The second-order valence-corrected chi connectivity index (χ2v) is 8.19. The van der Waals surface area contributed by atoms with Crippen LogP contribution < -0.4 is 26.6 Å². The molecular formula is C25H27N5O4. The Labute approximate surface area is 197 Å². The van der Waals surface area contributed by atoms with Gasteiger partial charge in [0.1, 0.15) is 17.6 Å². The molecule has 3 N–H and O–H groups in total. The van der Waals surface area contributed by atoms with Gasteiger partial charge in [-0.15, -0.1) is 0 Å². The number of nitrogens with two attached hydrogens (primary N) is 1. The normalized spacial score (nSPS) is 10.6. The van der Waals surface area contributed by atoms with Crippen molar-refractivity contribution in [3.05, 3.63) is 86.6 Å². The molecule has 176 valence electrons. The Morgan fingerprint density at radius 1 is 1.15 bits per heavy atom. The van der Waals surface area contributed by atoms with E-state index in [1.54, 1.807) is 24.3 Å². The third kappa shape index (κ3) is 5.72. The predicted molar refractivity (Wildman–Crippen MR) is 130 cm³/mol. The van der Waals surface area contributed by atoms with Gasteiger partial charge in [-0.1, -0.05) is 56.3 Å². The molecule has 0 radical (unpaired) electrons. The molecule has 2 aromatic carbocycles. The van der Waals surface area contributed by atoms with Crippen LogP contribution in [0.25, 0.3) is 0 Å². The second-order valence-electron chi connectivity index (χ2n) is 8.19. The zero-order valence-electron chi connectivity index (χ0n) is 19.2. The zero-order chi connectivity index (χ0) is 24.7. The standard InChI is InChI=1S/C25H27N5O4/c1-17(2)12-13-29(21(31)16-34-20-11-7-6-10-19(20)14-26)22-23(27)30(25(33)28-24(22)32)15-18-8-4-3-5-9-18/h3-11,17H,12-13,15-16,27H2,1-2H3,(H,28,32,33). The largest absolute Gasteiger partial charge is 0.482 e. The number of rotatable bonds is 9. The van der Waals surface area contributed by atoms with Crippen LogP contribution in [-0.4, -0.2) is 28.6 Å². The molecule has 1 heterocycles. The molecule has 0 aliphatic rings. The molecule has 0 aliphatic carbocycles. The lowest BCUT2D eigenvalue weighted by molar-refractivity contribution is -0.120. The Morgan fingerprint density at radius 2 is 1.82 bits per heavy atom. The molecule has 0 fully saturated rings. The number of carbonyl (C=O) groups is 1. The average Bonchev–Trinajstić information content (AvgIpc) is 2.82. The molecule has 3 aromatic rings. The minimum absolute atomic E-state index is 0.0988. The van der Waals surface area contributed by atoms with Gasteiger partial charge in [-0.3, -0.25) is 19.1 Å². The number of aromatic nitrogens is 2. The predicted octanol–water partition coefficient (Wildman–Crippen LogP) is 2.50. The first-order chi connectivity index (χ1) is 16.3. The van der Waals surface area contributed by atoms with Gasteiger partial charge in [0.25, 0.3) is 11.5 Å². The van der Waals surface area contributed by atoms with Crippen molar-refractivity contribution in [1.29, 1.82) is 5.26 Å². The number of amides is 1. The number of nitriles is 1. The van der Waals surface area contributed by atoms with Crippen molar-refractivity contribution in [2.45, 2.75) is 26.8 Å². The molecule has 9 nitrogen and oxygen atoms in total. The summed E-state index contributed by atoms with van der Waals surface area (Å²) in [5.41, 5.74) is 5.89. The van der Waals surface area contributed by atoms with Gasteiger partial charge in [0.05, 0.1) is 12.1 Å². The molecule has 0 unspecified atom stereocenters. The van der Waals surface area contributed by atoms with Crippen molar-refractivity contribution in [1.82, 2.24) is 9.55 Å². The topological polar surface area (TPSA) is 134 Å². The Hall–Kier alpha value is -4.32. The maximum atomic E-state index is 13.2. The first-order valence-corrected chi connectivity index (χ1v) is 10.9. The molecule has 9 heteroatoms. The second kappa shape index (κ2) is 11.0. The van der Waals surface area contributed by atoms with E-state index in [1.807, 2.05) is 50.2 Å². The van der Waals surface area contributed by atoms with Gasteiger partial charge in [-0.05, 0) is 30.0 Å². The lowest BCUT2D eigenvalue weighted by atomic mass is 10.1. The van der Waals surface area contributed by atoms with Crippen LogP contribution in [0.5, 0.6) is 5.75 Å². The summed E-state index contributed by atoms with van der Waals surface area (Å²) in [6, 6.07) is 17.7. The van der Waals surface area contributed by atoms with Gasteiger partial charge >= 0.3 is 5.69 Å². The lowest BCUT2D eigenvalue weighted by Crippen LogP contribution is -2.43. The maximum absolute atomic E-state index is 13.2. The minimum Gasteiger partial charge on any atom is -0.482 e. The Kier molecular flexibility index (Phi) is 7.88. The first-order valence-electron chi connectivity index (χ1n) is 10.9. The summed E-state index contributed by atoms with van der Waals surface area (Å²) in [5, 5.41) is 9.25. The summed E-state index contributed by atoms with van der Waals surface area (Å²) < 4.78 is 6.82. The molecule has 1 aromatic heterocycles. The Balaban J connectivity index is 1.97. The molecular weight excluding hydrogens is 434 g/mol. The molecule has 0 aliphatic heterocycles. The molecule has 34 heavy (non-hydrogen) atoms. The lowest BCUT2D eigenvalue weighted by Gasteiger charge is -2.25. The molecule has 0 spiro atoms. The summed E-state index contributed by atoms with van der Waals surface area (Å²) in [6.07, 6.45) is 0.594. The number of nitrogen functional groups attached to an aromatic ring is 1. The molecule has 0 atom stereocenters. The molecule has 3 rings (SSSR count). The number of para-hydroxylation sites is 1. The molecule has 0 bridgehead atoms. The van der Waals surface area contributed by atoms with Crippen molar-refractivity contribution in [2.75, 3.05) is 23.8 Å². The number of carbonyl (C=O) groups excluding carboxylic acids is 1. The Morgan fingerprint density at radius 3 is 2.50 bits per heavy atom. The maximum Gasteiger partial charge on any atom is 0.330 e. The highest BCUT2D eigenvalue weighted by atomic mass is 16.5. The number of nitrogens with one attached hydrogen (secondary N) is 1. The van der Waals surface area contributed by atoms with Gasteiger partial charge < -0.3 is 15.4 Å².